The minimum atomic E-state index is -0.241. The highest BCUT2D eigenvalue weighted by Crippen LogP contribution is 2.25. The van der Waals surface area contributed by atoms with E-state index in [1.807, 2.05) is 0 Å². The van der Waals surface area contributed by atoms with E-state index in [-0.39, 0.29) is 11.9 Å². The fourth-order valence-electron chi connectivity index (χ4n) is 2.17. The van der Waals surface area contributed by atoms with Gasteiger partial charge in [-0.15, -0.1) is 0 Å². The van der Waals surface area contributed by atoms with Crippen molar-refractivity contribution in [1.29, 1.82) is 0 Å². The van der Waals surface area contributed by atoms with Crippen molar-refractivity contribution in [3.63, 3.8) is 0 Å². The lowest BCUT2D eigenvalue weighted by molar-refractivity contribution is 0.614. The standard InChI is InChI=1S/C15H17FN2/c1-10-3-8-14(11(2)9-10)15(18-17)12-4-6-13(16)7-5-12/h3-9,15,18H,17H2,1-2H3. The van der Waals surface area contributed by atoms with Crippen LogP contribution in [0.3, 0.4) is 0 Å². The molecule has 2 aromatic rings. The van der Waals surface area contributed by atoms with Gasteiger partial charge >= 0.3 is 0 Å². The zero-order valence-electron chi connectivity index (χ0n) is 10.6. The molecule has 18 heavy (non-hydrogen) atoms. The third kappa shape index (κ3) is 2.58. The number of aryl methyl sites for hydroxylation is 2. The zero-order chi connectivity index (χ0) is 13.1. The second kappa shape index (κ2) is 5.29. The average molecular weight is 244 g/mol. The van der Waals surface area contributed by atoms with E-state index in [1.54, 1.807) is 12.1 Å². The van der Waals surface area contributed by atoms with E-state index < -0.39 is 0 Å². The summed E-state index contributed by atoms with van der Waals surface area (Å²) in [6, 6.07) is 12.5. The topological polar surface area (TPSA) is 38.0 Å². The van der Waals surface area contributed by atoms with Crippen molar-refractivity contribution >= 4 is 0 Å². The summed E-state index contributed by atoms with van der Waals surface area (Å²) < 4.78 is 12.9. The van der Waals surface area contributed by atoms with Crippen molar-refractivity contribution in [2.24, 2.45) is 5.84 Å². The maximum atomic E-state index is 12.9. The molecule has 1 unspecified atom stereocenters. The maximum Gasteiger partial charge on any atom is 0.123 e. The van der Waals surface area contributed by atoms with E-state index in [2.05, 4.69) is 37.5 Å². The first-order valence-corrected chi connectivity index (χ1v) is 5.90. The molecule has 2 rings (SSSR count). The van der Waals surface area contributed by atoms with Crippen LogP contribution in [0.5, 0.6) is 0 Å². The number of nitrogens with one attached hydrogen (secondary N) is 1. The molecule has 0 radical (unpaired) electrons. The SMILES string of the molecule is Cc1ccc(C(NN)c2ccc(F)cc2)c(C)c1. The number of hydrogen-bond donors (Lipinski definition) is 2. The first-order chi connectivity index (χ1) is 8.61. The summed E-state index contributed by atoms with van der Waals surface area (Å²) in [6.07, 6.45) is 0. The summed E-state index contributed by atoms with van der Waals surface area (Å²) in [6.45, 7) is 4.11. The third-order valence-electron chi connectivity index (χ3n) is 3.11. The van der Waals surface area contributed by atoms with E-state index in [0.29, 0.717) is 0 Å². The Balaban J connectivity index is 2.41. The first kappa shape index (κ1) is 12.7. The Bertz CT molecular complexity index is 535. The Hall–Kier alpha value is -1.71. The molecule has 0 fully saturated rings. The van der Waals surface area contributed by atoms with Crippen LogP contribution in [-0.2, 0) is 0 Å². The Kier molecular flexibility index (Phi) is 3.75. The molecule has 3 N–H and O–H groups in total. The van der Waals surface area contributed by atoms with E-state index in [1.165, 1.54) is 23.3 Å². The second-order valence-electron chi connectivity index (χ2n) is 4.51. The highest BCUT2D eigenvalue weighted by atomic mass is 19.1. The monoisotopic (exact) mass is 244 g/mol. The minimum Gasteiger partial charge on any atom is -0.271 e. The van der Waals surface area contributed by atoms with Crippen LogP contribution in [0.4, 0.5) is 4.39 Å². The van der Waals surface area contributed by atoms with Gasteiger partial charge in [0.2, 0.25) is 0 Å². The van der Waals surface area contributed by atoms with E-state index >= 15 is 0 Å². The molecule has 0 saturated carbocycles. The van der Waals surface area contributed by atoms with Crippen LogP contribution in [0, 0.1) is 19.7 Å². The van der Waals surface area contributed by atoms with Crippen LogP contribution in [-0.4, -0.2) is 0 Å². The molecule has 0 amide bonds. The Morgan fingerprint density at radius 1 is 1.06 bits per heavy atom. The van der Waals surface area contributed by atoms with Crippen molar-refractivity contribution in [2.45, 2.75) is 19.9 Å². The first-order valence-electron chi connectivity index (χ1n) is 5.90. The molecule has 94 valence electrons. The molecular weight excluding hydrogens is 227 g/mol. The fraction of sp³-hybridized carbons (Fsp3) is 0.200. The van der Waals surface area contributed by atoms with E-state index in [9.17, 15) is 4.39 Å². The van der Waals surface area contributed by atoms with Gasteiger partial charge in [0.25, 0.3) is 0 Å². The average Bonchev–Trinajstić information content (AvgIpc) is 2.35. The van der Waals surface area contributed by atoms with Crippen LogP contribution in [0.2, 0.25) is 0 Å². The Morgan fingerprint density at radius 2 is 1.72 bits per heavy atom. The van der Waals surface area contributed by atoms with Gasteiger partial charge in [0.15, 0.2) is 0 Å². The van der Waals surface area contributed by atoms with Gasteiger partial charge in [-0.05, 0) is 42.7 Å². The Labute approximate surface area is 107 Å². The highest BCUT2D eigenvalue weighted by molar-refractivity contribution is 5.38. The molecule has 0 saturated heterocycles. The van der Waals surface area contributed by atoms with Gasteiger partial charge in [-0.3, -0.25) is 5.84 Å². The number of hydrazine groups is 1. The van der Waals surface area contributed by atoms with Crippen molar-refractivity contribution in [3.05, 3.63) is 70.5 Å². The second-order valence-corrected chi connectivity index (χ2v) is 4.51. The molecule has 0 aliphatic heterocycles. The van der Waals surface area contributed by atoms with Crippen LogP contribution in [0.1, 0.15) is 28.3 Å². The molecule has 0 aliphatic rings. The molecule has 0 bridgehead atoms. The van der Waals surface area contributed by atoms with Crippen molar-refractivity contribution in [3.8, 4) is 0 Å². The predicted octanol–water partition coefficient (Wildman–Crippen LogP) is 3.00. The summed E-state index contributed by atoms with van der Waals surface area (Å²) in [5.74, 6) is 5.40. The normalized spacial score (nSPS) is 12.4. The molecule has 2 aromatic carbocycles. The number of hydrogen-bond acceptors (Lipinski definition) is 2. The lowest BCUT2D eigenvalue weighted by Gasteiger charge is -2.19. The molecule has 0 aliphatic carbocycles. The zero-order valence-corrected chi connectivity index (χ0v) is 10.6. The van der Waals surface area contributed by atoms with Crippen LogP contribution < -0.4 is 11.3 Å². The maximum absolute atomic E-state index is 12.9. The molecule has 0 heterocycles. The largest absolute Gasteiger partial charge is 0.271 e. The van der Waals surface area contributed by atoms with Gasteiger partial charge in [-0.1, -0.05) is 35.9 Å². The predicted molar refractivity (Wildman–Crippen MR) is 71.5 cm³/mol. The lowest BCUT2D eigenvalue weighted by atomic mass is 9.94. The molecule has 1 atom stereocenters. The van der Waals surface area contributed by atoms with Crippen LogP contribution in [0.15, 0.2) is 42.5 Å². The summed E-state index contributed by atoms with van der Waals surface area (Å²) in [5, 5.41) is 0. The number of rotatable bonds is 3. The molecule has 2 nitrogen and oxygen atoms in total. The highest BCUT2D eigenvalue weighted by Gasteiger charge is 2.14. The summed E-state index contributed by atoms with van der Waals surface area (Å²) in [7, 11) is 0. The van der Waals surface area contributed by atoms with Crippen LogP contribution >= 0.6 is 0 Å². The van der Waals surface area contributed by atoms with Crippen molar-refractivity contribution in [2.75, 3.05) is 0 Å². The lowest BCUT2D eigenvalue weighted by Crippen LogP contribution is -2.29. The quantitative estimate of drug-likeness (QED) is 0.643. The molecule has 3 heteroatoms. The van der Waals surface area contributed by atoms with Crippen molar-refractivity contribution < 1.29 is 4.39 Å². The van der Waals surface area contributed by atoms with E-state index in [0.717, 1.165) is 11.1 Å². The Morgan fingerprint density at radius 3 is 2.28 bits per heavy atom. The van der Waals surface area contributed by atoms with Gasteiger partial charge in [-0.2, -0.15) is 0 Å². The smallest absolute Gasteiger partial charge is 0.123 e. The number of benzene rings is 2. The van der Waals surface area contributed by atoms with Gasteiger partial charge < -0.3 is 0 Å². The summed E-state index contributed by atoms with van der Waals surface area (Å²) in [5.41, 5.74) is 7.23. The van der Waals surface area contributed by atoms with Gasteiger partial charge in [0.1, 0.15) is 5.82 Å². The molecule has 0 aromatic heterocycles. The van der Waals surface area contributed by atoms with Gasteiger partial charge in [-0.25, -0.2) is 9.82 Å². The van der Waals surface area contributed by atoms with Gasteiger partial charge in [0, 0.05) is 0 Å². The van der Waals surface area contributed by atoms with Crippen LogP contribution in [0.25, 0.3) is 0 Å². The minimum absolute atomic E-state index is 0.119. The number of halogens is 1. The summed E-state index contributed by atoms with van der Waals surface area (Å²) >= 11 is 0. The van der Waals surface area contributed by atoms with Gasteiger partial charge in [0.05, 0.1) is 6.04 Å². The van der Waals surface area contributed by atoms with E-state index in [4.69, 9.17) is 5.84 Å². The fourth-order valence-corrected chi connectivity index (χ4v) is 2.17. The number of nitrogens with two attached hydrogens (primary N) is 1. The third-order valence-corrected chi connectivity index (χ3v) is 3.11. The molecular formula is C15H17FN2. The van der Waals surface area contributed by atoms with Crippen molar-refractivity contribution in [1.82, 2.24) is 5.43 Å². The molecule has 0 spiro atoms. The summed E-state index contributed by atoms with van der Waals surface area (Å²) in [4.78, 5) is 0.